The van der Waals surface area contributed by atoms with E-state index in [4.69, 9.17) is 11.6 Å². The van der Waals surface area contributed by atoms with Gasteiger partial charge in [-0.15, -0.1) is 5.10 Å². The van der Waals surface area contributed by atoms with Crippen LogP contribution in [0.2, 0.25) is 5.02 Å². The van der Waals surface area contributed by atoms with Crippen LogP contribution in [0.25, 0.3) is 22.3 Å². The third kappa shape index (κ3) is 4.18. The maximum Gasteiger partial charge on any atom is 0.249 e. The number of H-pyrrole nitrogens is 2. The number of nitrogens with zero attached hydrogens (tertiary/aromatic N) is 2. The number of hydrogen-bond acceptors (Lipinski definition) is 4. The maximum atomic E-state index is 12.9. The molecule has 152 valence electrons. The Labute approximate surface area is 177 Å². The number of fused-ring (bicyclic) bond motifs is 1. The number of carbonyl (C=O) groups is 2. The van der Waals surface area contributed by atoms with Crippen molar-refractivity contribution in [2.45, 2.75) is 19.4 Å². The van der Waals surface area contributed by atoms with Crippen LogP contribution in [0.4, 0.5) is 5.95 Å². The van der Waals surface area contributed by atoms with Crippen molar-refractivity contribution in [1.29, 1.82) is 0 Å². The summed E-state index contributed by atoms with van der Waals surface area (Å²) in [4.78, 5) is 32.0. The summed E-state index contributed by atoms with van der Waals surface area (Å²) in [6.07, 6.45) is 2.16. The number of benzene rings is 2. The van der Waals surface area contributed by atoms with E-state index in [-0.39, 0.29) is 11.9 Å². The van der Waals surface area contributed by atoms with E-state index in [0.717, 1.165) is 16.5 Å². The minimum atomic E-state index is -0.788. The number of rotatable bonds is 6. The number of anilines is 1. The summed E-state index contributed by atoms with van der Waals surface area (Å²) in [5.74, 6) is -0.185. The SMILES string of the molecule is CC(=O)NC(Cc1c[nH]c2ccccc12)C(=O)Nc1n[nH]c(-c2ccccc2Cl)n1. The maximum absolute atomic E-state index is 12.9. The summed E-state index contributed by atoms with van der Waals surface area (Å²) in [5.41, 5.74) is 2.56. The van der Waals surface area contributed by atoms with E-state index >= 15 is 0 Å². The van der Waals surface area contributed by atoms with Gasteiger partial charge in [-0.1, -0.05) is 41.9 Å². The minimum absolute atomic E-state index is 0.101. The first kappa shape index (κ1) is 19.7. The summed E-state index contributed by atoms with van der Waals surface area (Å²) in [5, 5.41) is 13.7. The van der Waals surface area contributed by atoms with Crippen LogP contribution in [-0.2, 0) is 16.0 Å². The Kier molecular flexibility index (Phi) is 5.49. The van der Waals surface area contributed by atoms with Crippen LogP contribution >= 0.6 is 11.6 Å². The van der Waals surface area contributed by atoms with Crippen molar-refractivity contribution in [2.75, 3.05) is 5.32 Å². The lowest BCUT2D eigenvalue weighted by molar-refractivity contribution is -0.125. The first-order valence-electron chi connectivity index (χ1n) is 9.31. The fourth-order valence-electron chi connectivity index (χ4n) is 3.26. The van der Waals surface area contributed by atoms with Gasteiger partial charge in [0.25, 0.3) is 0 Å². The molecule has 2 aromatic carbocycles. The van der Waals surface area contributed by atoms with Crippen molar-refractivity contribution < 1.29 is 9.59 Å². The van der Waals surface area contributed by atoms with Crippen LogP contribution in [0.1, 0.15) is 12.5 Å². The zero-order valence-electron chi connectivity index (χ0n) is 16.1. The van der Waals surface area contributed by atoms with Gasteiger partial charge in [-0.2, -0.15) is 4.98 Å². The second-order valence-corrected chi connectivity index (χ2v) is 7.20. The number of hydrogen-bond donors (Lipinski definition) is 4. The minimum Gasteiger partial charge on any atom is -0.361 e. The molecule has 0 saturated heterocycles. The monoisotopic (exact) mass is 422 g/mol. The first-order chi connectivity index (χ1) is 14.5. The van der Waals surface area contributed by atoms with Crippen molar-refractivity contribution in [1.82, 2.24) is 25.5 Å². The molecule has 0 radical (unpaired) electrons. The molecule has 0 spiro atoms. The van der Waals surface area contributed by atoms with Gasteiger partial charge < -0.3 is 10.3 Å². The molecule has 4 rings (SSSR count). The number of halogens is 1. The smallest absolute Gasteiger partial charge is 0.249 e. The molecule has 4 N–H and O–H groups in total. The number of para-hydroxylation sites is 1. The highest BCUT2D eigenvalue weighted by molar-refractivity contribution is 6.33. The third-order valence-corrected chi connectivity index (χ3v) is 4.97. The van der Waals surface area contributed by atoms with Gasteiger partial charge in [0.1, 0.15) is 6.04 Å². The molecule has 30 heavy (non-hydrogen) atoms. The fraction of sp³-hybridized carbons (Fsp3) is 0.143. The summed E-state index contributed by atoms with van der Waals surface area (Å²) >= 11 is 6.18. The van der Waals surface area contributed by atoms with Crippen LogP contribution in [0.5, 0.6) is 0 Å². The zero-order chi connectivity index (χ0) is 21.1. The Morgan fingerprint density at radius 3 is 2.70 bits per heavy atom. The van der Waals surface area contributed by atoms with Crippen molar-refractivity contribution in [2.24, 2.45) is 0 Å². The predicted molar refractivity (Wildman–Crippen MR) is 115 cm³/mol. The van der Waals surface area contributed by atoms with Crippen LogP contribution < -0.4 is 10.6 Å². The topological polar surface area (TPSA) is 116 Å². The molecule has 0 saturated carbocycles. The van der Waals surface area contributed by atoms with E-state index in [9.17, 15) is 9.59 Å². The summed E-state index contributed by atoms with van der Waals surface area (Å²) in [6.45, 7) is 1.37. The van der Waals surface area contributed by atoms with Gasteiger partial charge in [-0.3, -0.25) is 20.0 Å². The lowest BCUT2D eigenvalue weighted by Gasteiger charge is -2.16. The molecule has 2 amide bonds. The third-order valence-electron chi connectivity index (χ3n) is 4.64. The van der Waals surface area contributed by atoms with Gasteiger partial charge in [0.05, 0.1) is 5.02 Å². The van der Waals surface area contributed by atoms with Gasteiger partial charge in [0, 0.05) is 36.0 Å². The zero-order valence-corrected chi connectivity index (χ0v) is 16.8. The lowest BCUT2D eigenvalue weighted by Crippen LogP contribution is -2.44. The molecule has 8 nitrogen and oxygen atoms in total. The number of aromatic amines is 2. The van der Waals surface area contributed by atoms with Crippen LogP contribution in [0.15, 0.2) is 54.7 Å². The Balaban J connectivity index is 1.53. The van der Waals surface area contributed by atoms with E-state index in [1.54, 1.807) is 12.1 Å². The lowest BCUT2D eigenvalue weighted by atomic mass is 10.0. The van der Waals surface area contributed by atoms with E-state index in [1.807, 2.05) is 42.6 Å². The first-order valence-corrected chi connectivity index (χ1v) is 9.69. The second kappa shape index (κ2) is 8.38. The van der Waals surface area contributed by atoms with Crippen molar-refractivity contribution in [3.8, 4) is 11.4 Å². The molecule has 0 aliphatic rings. The Bertz CT molecular complexity index is 1210. The molecule has 4 aromatic rings. The summed E-state index contributed by atoms with van der Waals surface area (Å²) < 4.78 is 0. The standard InChI is InChI=1S/C21H19ClN6O2/c1-12(29)24-18(10-13-11-23-17-9-5-3-6-14(13)17)20(30)26-21-25-19(27-28-21)15-7-2-4-8-16(15)22/h2-9,11,18,23H,10H2,1H3,(H,24,29)(H2,25,26,27,28,30). The molecule has 0 aliphatic heterocycles. The second-order valence-electron chi connectivity index (χ2n) is 6.79. The number of amides is 2. The van der Waals surface area contributed by atoms with Gasteiger partial charge in [-0.25, -0.2) is 0 Å². The summed E-state index contributed by atoms with van der Waals surface area (Å²) in [6, 6.07) is 14.2. The van der Waals surface area contributed by atoms with Gasteiger partial charge in [0.15, 0.2) is 5.82 Å². The highest BCUT2D eigenvalue weighted by atomic mass is 35.5. The van der Waals surface area contributed by atoms with E-state index in [2.05, 4.69) is 30.8 Å². The van der Waals surface area contributed by atoms with E-state index in [1.165, 1.54) is 6.92 Å². The van der Waals surface area contributed by atoms with Gasteiger partial charge in [0.2, 0.25) is 17.8 Å². The molecular weight excluding hydrogens is 404 g/mol. The molecule has 9 heteroatoms. The Hall–Kier alpha value is -3.65. The van der Waals surface area contributed by atoms with Crippen molar-refractivity contribution in [3.05, 3.63) is 65.3 Å². The fourth-order valence-corrected chi connectivity index (χ4v) is 3.49. The molecule has 2 aromatic heterocycles. The average molecular weight is 423 g/mol. The van der Waals surface area contributed by atoms with E-state index < -0.39 is 11.9 Å². The quantitative estimate of drug-likeness (QED) is 0.381. The van der Waals surface area contributed by atoms with Crippen LogP contribution in [-0.4, -0.2) is 38.0 Å². The molecule has 0 bridgehead atoms. The largest absolute Gasteiger partial charge is 0.361 e. The van der Waals surface area contributed by atoms with Crippen molar-refractivity contribution >= 4 is 40.3 Å². The Morgan fingerprint density at radius 1 is 1.13 bits per heavy atom. The number of carbonyl (C=O) groups excluding carboxylic acids is 2. The molecule has 1 atom stereocenters. The van der Waals surface area contributed by atoms with Gasteiger partial charge >= 0.3 is 0 Å². The van der Waals surface area contributed by atoms with Crippen LogP contribution in [0.3, 0.4) is 0 Å². The number of nitrogens with one attached hydrogen (secondary N) is 4. The van der Waals surface area contributed by atoms with Gasteiger partial charge in [-0.05, 0) is 23.8 Å². The molecule has 1 unspecified atom stereocenters. The van der Waals surface area contributed by atoms with Crippen molar-refractivity contribution in [3.63, 3.8) is 0 Å². The normalized spacial score (nSPS) is 11.9. The summed E-state index contributed by atoms with van der Waals surface area (Å²) in [7, 11) is 0. The molecule has 2 heterocycles. The number of aromatic nitrogens is 4. The highest BCUT2D eigenvalue weighted by Gasteiger charge is 2.23. The Morgan fingerprint density at radius 2 is 1.90 bits per heavy atom. The van der Waals surface area contributed by atoms with Crippen LogP contribution in [0, 0.1) is 0 Å². The predicted octanol–water partition coefficient (Wildman–Crippen LogP) is 3.29. The van der Waals surface area contributed by atoms with E-state index in [0.29, 0.717) is 22.8 Å². The average Bonchev–Trinajstić information content (AvgIpc) is 3.35. The highest BCUT2D eigenvalue weighted by Crippen LogP contribution is 2.25. The molecule has 0 fully saturated rings. The molecular formula is C21H19ClN6O2. The molecule has 0 aliphatic carbocycles.